The van der Waals surface area contributed by atoms with Gasteiger partial charge in [0.05, 0.1) is 0 Å². The largest absolute Gasteiger partial charge is 0.506 e. The summed E-state index contributed by atoms with van der Waals surface area (Å²) in [7, 11) is -3.84. The fraction of sp³-hybridized carbons (Fsp3) is 0. The molecule has 2 N–H and O–H groups in total. The number of phenols is 1. The molecule has 4 nitrogen and oxygen atoms in total. The smallest absolute Gasteiger partial charge is 0.265 e. The van der Waals surface area contributed by atoms with Crippen LogP contribution in [0.2, 0.25) is 0 Å². The van der Waals surface area contributed by atoms with Gasteiger partial charge in [-0.05, 0) is 35.0 Å². The van der Waals surface area contributed by atoms with Crippen molar-refractivity contribution in [3.05, 3.63) is 66.7 Å². The Balaban J connectivity index is 2.08. The van der Waals surface area contributed by atoms with Gasteiger partial charge in [-0.1, -0.05) is 42.5 Å². The van der Waals surface area contributed by atoms with Gasteiger partial charge in [0.25, 0.3) is 10.0 Å². The number of rotatable bonds is 3. The van der Waals surface area contributed by atoms with Crippen molar-refractivity contribution in [3.8, 4) is 5.75 Å². The third-order valence-corrected chi connectivity index (χ3v) is 4.55. The van der Waals surface area contributed by atoms with Crippen LogP contribution < -0.4 is 4.72 Å². The molecule has 0 atom stereocenters. The molecule has 21 heavy (non-hydrogen) atoms. The first kappa shape index (κ1) is 13.5. The molecular formula is C16H13NO3S. The number of phenolic OH excluding ortho intramolecular Hbond substituents is 1. The summed E-state index contributed by atoms with van der Waals surface area (Å²) in [5.41, 5.74) is 0.449. The molecule has 0 aromatic heterocycles. The molecule has 0 bridgehead atoms. The molecule has 0 spiro atoms. The minimum atomic E-state index is -3.84. The maximum atomic E-state index is 12.4. The molecule has 0 aliphatic rings. The van der Waals surface area contributed by atoms with Crippen LogP contribution in [-0.4, -0.2) is 13.5 Å². The predicted molar refractivity (Wildman–Crippen MR) is 82.9 cm³/mol. The number of hydrogen-bond acceptors (Lipinski definition) is 3. The second-order valence-corrected chi connectivity index (χ2v) is 6.29. The van der Waals surface area contributed by atoms with Crippen LogP contribution in [-0.2, 0) is 10.0 Å². The van der Waals surface area contributed by atoms with E-state index < -0.39 is 10.0 Å². The van der Waals surface area contributed by atoms with Gasteiger partial charge in [-0.2, -0.15) is 0 Å². The molecule has 0 radical (unpaired) electrons. The summed E-state index contributed by atoms with van der Waals surface area (Å²) in [6.45, 7) is 0. The van der Waals surface area contributed by atoms with E-state index >= 15 is 0 Å². The molecule has 0 saturated heterocycles. The zero-order chi connectivity index (χ0) is 14.9. The fourth-order valence-corrected chi connectivity index (χ4v) is 3.31. The van der Waals surface area contributed by atoms with Gasteiger partial charge < -0.3 is 5.11 Å². The Kier molecular flexibility index (Phi) is 3.27. The Hall–Kier alpha value is -2.53. The molecule has 3 rings (SSSR count). The van der Waals surface area contributed by atoms with Gasteiger partial charge in [-0.25, -0.2) is 8.42 Å². The number of para-hydroxylation sites is 1. The highest BCUT2D eigenvalue weighted by molar-refractivity contribution is 7.92. The zero-order valence-electron chi connectivity index (χ0n) is 11.0. The summed E-state index contributed by atoms with van der Waals surface area (Å²) in [5, 5.41) is 11.5. The molecule has 0 aliphatic carbocycles. The van der Waals surface area contributed by atoms with Crippen molar-refractivity contribution in [2.45, 2.75) is 4.90 Å². The van der Waals surface area contributed by atoms with Crippen molar-refractivity contribution < 1.29 is 13.5 Å². The number of anilines is 1. The van der Waals surface area contributed by atoms with Crippen molar-refractivity contribution in [1.29, 1.82) is 0 Å². The van der Waals surface area contributed by atoms with Gasteiger partial charge in [0.1, 0.15) is 10.6 Å². The topological polar surface area (TPSA) is 66.4 Å². The lowest BCUT2D eigenvalue weighted by molar-refractivity contribution is 0.460. The maximum absolute atomic E-state index is 12.4. The highest BCUT2D eigenvalue weighted by Crippen LogP contribution is 2.29. The van der Waals surface area contributed by atoms with Gasteiger partial charge in [0.2, 0.25) is 0 Å². The second kappa shape index (κ2) is 5.10. The SMILES string of the molecule is O=S(=O)(Nc1ccccc1)c1cc2ccccc2cc1O. The summed E-state index contributed by atoms with van der Waals surface area (Å²) < 4.78 is 27.2. The van der Waals surface area contributed by atoms with Crippen LogP contribution in [0.4, 0.5) is 5.69 Å². The van der Waals surface area contributed by atoms with Gasteiger partial charge in [0, 0.05) is 5.69 Å². The summed E-state index contributed by atoms with van der Waals surface area (Å²) >= 11 is 0. The van der Waals surface area contributed by atoms with Gasteiger partial charge >= 0.3 is 0 Å². The number of aromatic hydroxyl groups is 1. The first-order chi connectivity index (χ1) is 10.1. The molecule has 0 heterocycles. The number of fused-ring (bicyclic) bond motifs is 1. The maximum Gasteiger partial charge on any atom is 0.265 e. The molecule has 0 aliphatic heterocycles. The second-order valence-electron chi connectivity index (χ2n) is 4.64. The van der Waals surface area contributed by atoms with E-state index in [2.05, 4.69) is 4.72 Å². The zero-order valence-corrected chi connectivity index (χ0v) is 11.8. The Morgan fingerprint density at radius 1 is 0.810 bits per heavy atom. The van der Waals surface area contributed by atoms with Crippen LogP contribution >= 0.6 is 0 Å². The first-order valence-electron chi connectivity index (χ1n) is 6.36. The van der Waals surface area contributed by atoms with E-state index in [-0.39, 0.29) is 10.6 Å². The first-order valence-corrected chi connectivity index (χ1v) is 7.84. The minimum absolute atomic E-state index is 0.134. The number of hydrogen-bond donors (Lipinski definition) is 2. The lowest BCUT2D eigenvalue weighted by Crippen LogP contribution is -2.13. The van der Waals surface area contributed by atoms with E-state index in [1.165, 1.54) is 12.1 Å². The van der Waals surface area contributed by atoms with Crippen molar-refractivity contribution in [2.75, 3.05) is 4.72 Å². The molecule has 3 aromatic carbocycles. The highest BCUT2D eigenvalue weighted by Gasteiger charge is 2.19. The van der Waals surface area contributed by atoms with Crippen LogP contribution in [0.1, 0.15) is 0 Å². The van der Waals surface area contributed by atoms with E-state index in [1.807, 2.05) is 18.2 Å². The summed E-state index contributed by atoms with van der Waals surface area (Å²) in [5.74, 6) is -0.267. The third kappa shape index (κ3) is 2.68. The van der Waals surface area contributed by atoms with Gasteiger partial charge in [-0.3, -0.25) is 4.72 Å². The third-order valence-electron chi connectivity index (χ3n) is 3.14. The van der Waals surface area contributed by atoms with Crippen molar-refractivity contribution in [2.24, 2.45) is 0 Å². The monoisotopic (exact) mass is 299 g/mol. The van der Waals surface area contributed by atoms with Crippen molar-refractivity contribution >= 4 is 26.5 Å². The summed E-state index contributed by atoms with van der Waals surface area (Å²) in [4.78, 5) is -0.134. The van der Waals surface area contributed by atoms with Crippen LogP contribution in [0.5, 0.6) is 5.75 Å². The van der Waals surface area contributed by atoms with E-state index in [9.17, 15) is 13.5 Å². The quantitative estimate of drug-likeness (QED) is 0.779. The molecule has 0 unspecified atom stereocenters. The molecule has 0 saturated carbocycles. The molecule has 0 amide bonds. The van der Waals surface area contributed by atoms with E-state index in [0.29, 0.717) is 5.69 Å². The predicted octanol–water partition coefficient (Wildman–Crippen LogP) is 3.35. The van der Waals surface area contributed by atoms with E-state index in [1.54, 1.807) is 36.4 Å². The molecule has 3 aromatic rings. The Morgan fingerprint density at radius 3 is 2.05 bits per heavy atom. The molecule has 5 heteroatoms. The normalized spacial score (nSPS) is 11.4. The van der Waals surface area contributed by atoms with Crippen LogP contribution in [0.3, 0.4) is 0 Å². The van der Waals surface area contributed by atoms with Crippen LogP contribution in [0, 0.1) is 0 Å². The number of benzene rings is 3. The fourth-order valence-electron chi connectivity index (χ4n) is 2.14. The average Bonchev–Trinajstić information content (AvgIpc) is 2.47. The number of nitrogens with one attached hydrogen (secondary N) is 1. The highest BCUT2D eigenvalue weighted by atomic mass is 32.2. The Morgan fingerprint density at radius 2 is 1.38 bits per heavy atom. The van der Waals surface area contributed by atoms with Crippen LogP contribution in [0.15, 0.2) is 71.6 Å². The lowest BCUT2D eigenvalue weighted by Gasteiger charge is -2.10. The standard InChI is InChI=1S/C16H13NO3S/c18-15-10-12-6-4-5-7-13(12)11-16(15)21(19,20)17-14-8-2-1-3-9-14/h1-11,17-18H. The van der Waals surface area contributed by atoms with Crippen LogP contribution in [0.25, 0.3) is 10.8 Å². The van der Waals surface area contributed by atoms with Gasteiger partial charge in [-0.15, -0.1) is 0 Å². The molecule has 0 fully saturated rings. The average molecular weight is 299 g/mol. The van der Waals surface area contributed by atoms with Crippen molar-refractivity contribution in [3.63, 3.8) is 0 Å². The summed E-state index contributed by atoms with van der Waals surface area (Å²) in [6, 6.07) is 18.8. The molecular weight excluding hydrogens is 286 g/mol. The van der Waals surface area contributed by atoms with Gasteiger partial charge in [0.15, 0.2) is 0 Å². The van der Waals surface area contributed by atoms with E-state index in [4.69, 9.17) is 0 Å². The van der Waals surface area contributed by atoms with Crippen molar-refractivity contribution in [1.82, 2.24) is 0 Å². The Bertz CT molecular complexity index is 890. The summed E-state index contributed by atoms with van der Waals surface area (Å²) in [6.07, 6.45) is 0. The minimum Gasteiger partial charge on any atom is -0.506 e. The number of sulfonamides is 1. The lowest BCUT2D eigenvalue weighted by atomic mass is 10.1. The molecule has 106 valence electrons. The Labute approximate surface area is 122 Å². The van der Waals surface area contributed by atoms with E-state index in [0.717, 1.165) is 10.8 Å².